The number of pyridine rings is 1. The van der Waals surface area contributed by atoms with E-state index in [0.29, 0.717) is 13.2 Å². The summed E-state index contributed by atoms with van der Waals surface area (Å²) in [6.45, 7) is 6.96. The molecule has 0 aliphatic heterocycles. The second kappa shape index (κ2) is 13.2. The van der Waals surface area contributed by atoms with E-state index in [1.54, 1.807) is 25.5 Å². The highest BCUT2D eigenvalue weighted by molar-refractivity contribution is 5.91. The van der Waals surface area contributed by atoms with E-state index in [4.69, 9.17) is 9.47 Å². The Balaban J connectivity index is 1.56. The number of benzene rings is 2. The molecule has 1 N–H and O–H groups in total. The number of carbonyl (C=O) groups excluding carboxylic acids is 1. The van der Waals surface area contributed by atoms with Gasteiger partial charge in [0.05, 0.1) is 18.8 Å². The van der Waals surface area contributed by atoms with Crippen LogP contribution < -0.4 is 14.8 Å². The summed E-state index contributed by atoms with van der Waals surface area (Å²) in [4.78, 5) is 19.1. The quantitative estimate of drug-likeness (QED) is 0.391. The number of hydrogen-bond acceptors (Lipinski definition) is 5. The number of ether oxygens (including phenoxy) is 2. The van der Waals surface area contributed by atoms with E-state index in [2.05, 4.69) is 35.1 Å². The Labute approximate surface area is 202 Å². The first-order chi connectivity index (χ1) is 16.6. The van der Waals surface area contributed by atoms with Gasteiger partial charge in [0, 0.05) is 18.8 Å². The Kier molecular flexibility index (Phi) is 9.67. The van der Waals surface area contributed by atoms with Crippen LogP contribution in [0.3, 0.4) is 0 Å². The topological polar surface area (TPSA) is 63.7 Å². The first kappa shape index (κ1) is 25.0. The number of likely N-dealkylation sites (N-methyl/N-ethyl adjacent to an activating group) is 1. The van der Waals surface area contributed by atoms with Crippen LogP contribution in [-0.4, -0.2) is 42.5 Å². The molecule has 0 saturated heterocycles. The molecule has 3 rings (SSSR count). The molecule has 178 valence electrons. The SMILES string of the molecule is CCN(CC)C(CNC(=O)/C=C/c1ccc(OCc2ccccn2)cc1)c1cccc(OC)c1. The molecule has 0 fully saturated rings. The lowest BCUT2D eigenvalue weighted by Crippen LogP contribution is -2.37. The molecule has 1 unspecified atom stereocenters. The molecule has 1 heterocycles. The van der Waals surface area contributed by atoms with Crippen molar-refractivity contribution in [2.45, 2.75) is 26.5 Å². The van der Waals surface area contributed by atoms with Crippen molar-refractivity contribution < 1.29 is 14.3 Å². The van der Waals surface area contributed by atoms with Crippen LogP contribution in [-0.2, 0) is 11.4 Å². The molecule has 6 nitrogen and oxygen atoms in total. The monoisotopic (exact) mass is 459 g/mol. The summed E-state index contributed by atoms with van der Waals surface area (Å²) in [5, 5.41) is 3.05. The highest BCUT2D eigenvalue weighted by Crippen LogP contribution is 2.24. The molecule has 0 radical (unpaired) electrons. The molecular weight excluding hydrogens is 426 g/mol. The number of amides is 1. The van der Waals surface area contributed by atoms with E-state index in [9.17, 15) is 4.79 Å². The van der Waals surface area contributed by atoms with E-state index in [1.165, 1.54) is 0 Å². The van der Waals surface area contributed by atoms with Gasteiger partial charge >= 0.3 is 0 Å². The lowest BCUT2D eigenvalue weighted by atomic mass is 10.0. The molecular formula is C28H33N3O3. The van der Waals surface area contributed by atoms with Gasteiger partial charge in [0.1, 0.15) is 18.1 Å². The van der Waals surface area contributed by atoms with Gasteiger partial charge in [-0.25, -0.2) is 0 Å². The van der Waals surface area contributed by atoms with E-state index < -0.39 is 0 Å². The molecule has 0 aliphatic rings. The minimum atomic E-state index is -0.129. The molecule has 0 saturated carbocycles. The van der Waals surface area contributed by atoms with Crippen LogP contribution in [0.2, 0.25) is 0 Å². The van der Waals surface area contributed by atoms with Crippen LogP contribution in [0.1, 0.15) is 36.7 Å². The molecule has 34 heavy (non-hydrogen) atoms. The molecule has 1 amide bonds. The van der Waals surface area contributed by atoms with Crippen molar-refractivity contribution in [1.29, 1.82) is 0 Å². The maximum Gasteiger partial charge on any atom is 0.244 e. The summed E-state index contributed by atoms with van der Waals surface area (Å²) in [5.74, 6) is 1.44. The number of nitrogens with zero attached hydrogens (tertiary/aromatic N) is 2. The number of rotatable bonds is 12. The Morgan fingerprint density at radius 2 is 1.82 bits per heavy atom. The summed E-state index contributed by atoms with van der Waals surface area (Å²) in [5.41, 5.74) is 2.92. The van der Waals surface area contributed by atoms with Gasteiger partial charge in [-0.15, -0.1) is 0 Å². The van der Waals surface area contributed by atoms with Crippen molar-refractivity contribution in [3.8, 4) is 11.5 Å². The second-order valence-electron chi connectivity index (χ2n) is 7.77. The zero-order valence-corrected chi connectivity index (χ0v) is 20.1. The highest BCUT2D eigenvalue weighted by atomic mass is 16.5. The van der Waals surface area contributed by atoms with Gasteiger partial charge in [-0.3, -0.25) is 14.7 Å². The van der Waals surface area contributed by atoms with Gasteiger partial charge in [0.2, 0.25) is 5.91 Å². The molecule has 0 bridgehead atoms. The molecule has 1 aromatic heterocycles. The van der Waals surface area contributed by atoms with Crippen LogP contribution in [0.25, 0.3) is 6.08 Å². The molecule has 2 aromatic carbocycles. The standard InChI is InChI=1S/C28H33N3O3/c1-4-31(5-2)27(23-9-8-11-26(19-23)33-3)20-30-28(32)17-14-22-12-15-25(16-13-22)34-21-24-10-6-7-18-29-24/h6-19,27H,4-5,20-21H2,1-3H3,(H,30,32)/b17-14+. The highest BCUT2D eigenvalue weighted by Gasteiger charge is 2.19. The Hall–Kier alpha value is -3.64. The van der Waals surface area contributed by atoms with Crippen molar-refractivity contribution in [3.63, 3.8) is 0 Å². The molecule has 6 heteroatoms. The number of methoxy groups -OCH3 is 1. The summed E-state index contributed by atoms with van der Waals surface area (Å²) < 4.78 is 11.1. The number of carbonyl (C=O) groups is 1. The summed E-state index contributed by atoms with van der Waals surface area (Å²) in [7, 11) is 1.66. The Bertz CT molecular complexity index is 1050. The molecule has 0 spiro atoms. The number of nitrogens with one attached hydrogen (secondary N) is 1. The van der Waals surface area contributed by atoms with Gasteiger partial charge in [0.15, 0.2) is 0 Å². The average Bonchev–Trinajstić information content (AvgIpc) is 2.89. The lowest BCUT2D eigenvalue weighted by molar-refractivity contribution is -0.116. The molecule has 1 atom stereocenters. The third-order valence-corrected chi connectivity index (χ3v) is 5.62. The van der Waals surface area contributed by atoms with Crippen LogP contribution in [0.4, 0.5) is 0 Å². The zero-order valence-electron chi connectivity index (χ0n) is 20.1. The van der Waals surface area contributed by atoms with Gasteiger partial charge in [0.25, 0.3) is 0 Å². The largest absolute Gasteiger partial charge is 0.497 e. The fourth-order valence-corrected chi connectivity index (χ4v) is 3.71. The predicted molar refractivity (Wildman–Crippen MR) is 136 cm³/mol. The Morgan fingerprint density at radius 1 is 1.03 bits per heavy atom. The fraction of sp³-hybridized carbons (Fsp3) is 0.286. The molecule has 3 aromatic rings. The van der Waals surface area contributed by atoms with E-state index in [0.717, 1.165) is 41.4 Å². The number of hydrogen-bond donors (Lipinski definition) is 1. The van der Waals surface area contributed by atoms with Crippen molar-refractivity contribution >= 4 is 12.0 Å². The van der Waals surface area contributed by atoms with Crippen LogP contribution in [0.15, 0.2) is 79.0 Å². The minimum absolute atomic E-state index is 0.0676. The average molecular weight is 460 g/mol. The van der Waals surface area contributed by atoms with E-state index in [-0.39, 0.29) is 11.9 Å². The minimum Gasteiger partial charge on any atom is -0.497 e. The smallest absolute Gasteiger partial charge is 0.244 e. The first-order valence-corrected chi connectivity index (χ1v) is 11.6. The van der Waals surface area contributed by atoms with Gasteiger partial charge < -0.3 is 14.8 Å². The van der Waals surface area contributed by atoms with Crippen LogP contribution >= 0.6 is 0 Å². The third kappa shape index (κ3) is 7.46. The van der Waals surface area contributed by atoms with Crippen molar-refractivity contribution in [3.05, 3.63) is 95.8 Å². The van der Waals surface area contributed by atoms with Gasteiger partial charge in [-0.1, -0.05) is 44.2 Å². The first-order valence-electron chi connectivity index (χ1n) is 11.6. The zero-order chi connectivity index (χ0) is 24.2. The van der Waals surface area contributed by atoms with Crippen LogP contribution in [0.5, 0.6) is 11.5 Å². The normalized spacial score (nSPS) is 12.0. The summed E-state index contributed by atoms with van der Waals surface area (Å²) in [6, 6.07) is 21.4. The van der Waals surface area contributed by atoms with Gasteiger partial charge in [-0.05, 0) is 66.7 Å². The Morgan fingerprint density at radius 3 is 2.50 bits per heavy atom. The maximum atomic E-state index is 12.5. The van der Waals surface area contributed by atoms with Crippen LogP contribution in [0, 0.1) is 0 Å². The predicted octanol–water partition coefficient (Wildman–Crippen LogP) is 4.88. The summed E-state index contributed by atoms with van der Waals surface area (Å²) >= 11 is 0. The van der Waals surface area contributed by atoms with E-state index in [1.807, 2.05) is 60.7 Å². The second-order valence-corrected chi connectivity index (χ2v) is 7.77. The van der Waals surface area contributed by atoms with Gasteiger partial charge in [-0.2, -0.15) is 0 Å². The fourth-order valence-electron chi connectivity index (χ4n) is 3.71. The van der Waals surface area contributed by atoms with Crippen molar-refractivity contribution in [2.75, 3.05) is 26.7 Å². The van der Waals surface area contributed by atoms with Crippen molar-refractivity contribution in [2.24, 2.45) is 0 Å². The maximum absolute atomic E-state index is 12.5. The summed E-state index contributed by atoms with van der Waals surface area (Å²) in [6.07, 6.45) is 5.11. The molecule has 0 aliphatic carbocycles. The van der Waals surface area contributed by atoms with E-state index >= 15 is 0 Å². The lowest BCUT2D eigenvalue weighted by Gasteiger charge is -2.30. The number of aromatic nitrogens is 1. The van der Waals surface area contributed by atoms with Crippen molar-refractivity contribution in [1.82, 2.24) is 15.2 Å². The third-order valence-electron chi connectivity index (χ3n) is 5.62.